The Morgan fingerprint density at radius 1 is 1.22 bits per heavy atom. The summed E-state index contributed by atoms with van der Waals surface area (Å²) in [5.74, 6) is -0.659. The summed E-state index contributed by atoms with van der Waals surface area (Å²) in [6.45, 7) is 0.877. The number of aromatic carboxylic acids is 1. The van der Waals surface area contributed by atoms with Crippen LogP contribution in [0.15, 0.2) is 36.7 Å². The quantitative estimate of drug-likeness (QED) is 0.932. The Morgan fingerprint density at radius 3 is 2.39 bits per heavy atom. The number of piperidine rings is 1. The molecule has 3 rings (SSSR count). The molecular formula is C16H15ClFN3O2. The first-order valence-electron chi connectivity index (χ1n) is 7.24. The maximum atomic E-state index is 15.2. The molecule has 0 atom stereocenters. The summed E-state index contributed by atoms with van der Waals surface area (Å²) < 4.78 is 15.2. The van der Waals surface area contributed by atoms with Crippen LogP contribution in [0.2, 0.25) is 5.02 Å². The van der Waals surface area contributed by atoms with Crippen molar-refractivity contribution in [3.63, 3.8) is 0 Å². The molecule has 120 valence electrons. The summed E-state index contributed by atoms with van der Waals surface area (Å²) in [4.78, 5) is 20.7. The summed E-state index contributed by atoms with van der Waals surface area (Å²) in [7, 11) is 0. The minimum absolute atomic E-state index is 0.0293. The molecule has 2 heterocycles. The van der Waals surface area contributed by atoms with Gasteiger partial charge in [0, 0.05) is 48.9 Å². The topological polar surface area (TPSA) is 66.3 Å². The van der Waals surface area contributed by atoms with Gasteiger partial charge in [0.25, 0.3) is 0 Å². The van der Waals surface area contributed by atoms with Gasteiger partial charge in [-0.25, -0.2) is 19.2 Å². The normalized spacial score (nSPS) is 17.0. The molecular weight excluding hydrogens is 321 g/mol. The van der Waals surface area contributed by atoms with Crippen molar-refractivity contribution in [1.29, 1.82) is 0 Å². The molecule has 0 spiro atoms. The van der Waals surface area contributed by atoms with Gasteiger partial charge in [-0.2, -0.15) is 0 Å². The lowest BCUT2D eigenvalue weighted by Crippen LogP contribution is -2.41. The number of hydrogen-bond acceptors (Lipinski definition) is 4. The van der Waals surface area contributed by atoms with Gasteiger partial charge in [0.15, 0.2) is 0 Å². The van der Waals surface area contributed by atoms with E-state index in [1.807, 2.05) is 4.90 Å². The van der Waals surface area contributed by atoms with Gasteiger partial charge in [-0.3, -0.25) is 0 Å². The number of nitrogens with zero attached hydrogens (tertiary/aromatic N) is 3. The first-order valence-corrected chi connectivity index (χ1v) is 7.62. The van der Waals surface area contributed by atoms with E-state index >= 15 is 4.39 Å². The highest BCUT2D eigenvalue weighted by Gasteiger charge is 2.38. The molecule has 0 radical (unpaired) electrons. The third-order valence-corrected chi connectivity index (χ3v) is 4.41. The van der Waals surface area contributed by atoms with Crippen LogP contribution in [0.3, 0.4) is 0 Å². The lowest BCUT2D eigenvalue weighted by molar-refractivity contribution is 0.0696. The third-order valence-electron chi connectivity index (χ3n) is 4.08. The van der Waals surface area contributed by atoms with Crippen LogP contribution in [-0.2, 0) is 5.67 Å². The average Bonchev–Trinajstić information content (AvgIpc) is 2.56. The molecule has 1 N–H and O–H groups in total. The van der Waals surface area contributed by atoms with E-state index in [2.05, 4.69) is 9.97 Å². The monoisotopic (exact) mass is 335 g/mol. The van der Waals surface area contributed by atoms with Gasteiger partial charge >= 0.3 is 5.97 Å². The molecule has 5 nitrogen and oxygen atoms in total. The number of benzene rings is 1. The smallest absolute Gasteiger partial charge is 0.338 e. The highest BCUT2D eigenvalue weighted by molar-refractivity contribution is 6.31. The molecule has 0 unspecified atom stereocenters. The van der Waals surface area contributed by atoms with Crippen molar-refractivity contribution in [1.82, 2.24) is 9.97 Å². The molecule has 1 aromatic carbocycles. The van der Waals surface area contributed by atoms with Crippen molar-refractivity contribution in [2.24, 2.45) is 0 Å². The van der Waals surface area contributed by atoms with Crippen LogP contribution in [-0.4, -0.2) is 34.1 Å². The van der Waals surface area contributed by atoms with Crippen molar-refractivity contribution in [2.45, 2.75) is 18.5 Å². The van der Waals surface area contributed by atoms with E-state index in [1.54, 1.807) is 24.3 Å². The predicted octanol–water partition coefficient (Wildman–Crippen LogP) is 3.29. The lowest BCUT2D eigenvalue weighted by Gasteiger charge is -2.37. The van der Waals surface area contributed by atoms with E-state index in [-0.39, 0.29) is 18.4 Å². The first-order chi connectivity index (χ1) is 11.0. The average molecular weight is 336 g/mol. The second kappa shape index (κ2) is 6.12. The predicted molar refractivity (Wildman–Crippen MR) is 84.7 cm³/mol. The molecule has 23 heavy (non-hydrogen) atoms. The van der Waals surface area contributed by atoms with Crippen molar-refractivity contribution < 1.29 is 14.3 Å². The molecule has 1 saturated heterocycles. The molecule has 0 amide bonds. The van der Waals surface area contributed by atoms with E-state index in [4.69, 9.17) is 16.7 Å². The Labute approximate surface area is 137 Å². The van der Waals surface area contributed by atoms with Gasteiger partial charge in [0.1, 0.15) is 5.67 Å². The number of carboxylic acids is 1. The first kappa shape index (κ1) is 15.7. The second-order valence-electron chi connectivity index (χ2n) is 5.51. The standard InChI is InChI=1S/C16H15ClFN3O2/c17-13-4-2-1-3-12(13)16(18)5-7-21(8-6-16)15-19-9-11(10-20-15)14(22)23/h1-4,9-10H,5-8H2,(H,22,23). The summed E-state index contributed by atoms with van der Waals surface area (Å²) in [5.41, 5.74) is -0.916. The van der Waals surface area contributed by atoms with Crippen LogP contribution < -0.4 is 4.90 Å². The Morgan fingerprint density at radius 2 is 1.83 bits per heavy atom. The van der Waals surface area contributed by atoms with Crippen LogP contribution in [0.5, 0.6) is 0 Å². The maximum absolute atomic E-state index is 15.2. The lowest BCUT2D eigenvalue weighted by atomic mass is 9.86. The SMILES string of the molecule is O=C(O)c1cnc(N2CCC(F)(c3ccccc3Cl)CC2)nc1. The molecule has 7 heteroatoms. The van der Waals surface area contributed by atoms with Crippen LogP contribution in [0.4, 0.5) is 10.3 Å². The van der Waals surface area contributed by atoms with E-state index in [0.29, 0.717) is 29.6 Å². The number of aromatic nitrogens is 2. The molecule has 1 aliphatic heterocycles. The third kappa shape index (κ3) is 3.12. The van der Waals surface area contributed by atoms with Crippen LogP contribution in [0.25, 0.3) is 0 Å². The van der Waals surface area contributed by atoms with Gasteiger partial charge in [0.05, 0.1) is 5.56 Å². The molecule has 1 aromatic heterocycles. The second-order valence-corrected chi connectivity index (χ2v) is 5.92. The summed E-state index contributed by atoms with van der Waals surface area (Å²) >= 11 is 6.11. The van der Waals surface area contributed by atoms with Gasteiger partial charge < -0.3 is 10.0 Å². The molecule has 1 fully saturated rings. The number of hydrogen-bond donors (Lipinski definition) is 1. The largest absolute Gasteiger partial charge is 0.478 e. The summed E-state index contributed by atoms with van der Waals surface area (Å²) in [6, 6.07) is 6.97. The fourth-order valence-electron chi connectivity index (χ4n) is 2.75. The number of carboxylic acid groups (broad SMARTS) is 1. The van der Waals surface area contributed by atoms with Gasteiger partial charge in [0.2, 0.25) is 5.95 Å². The molecule has 0 saturated carbocycles. The fraction of sp³-hybridized carbons (Fsp3) is 0.312. The van der Waals surface area contributed by atoms with E-state index in [1.165, 1.54) is 12.4 Å². The molecule has 0 aliphatic carbocycles. The Hall–Kier alpha value is -2.21. The zero-order chi connectivity index (χ0) is 16.4. The summed E-state index contributed by atoms with van der Waals surface area (Å²) in [5, 5.41) is 9.29. The minimum Gasteiger partial charge on any atom is -0.478 e. The maximum Gasteiger partial charge on any atom is 0.338 e. The van der Waals surface area contributed by atoms with Crippen LogP contribution in [0, 0.1) is 0 Å². The fourth-order valence-corrected chi connectivity index (χ4v) is 3.06. The van der Waals surface area contributed by atoms with Crippen molar-refractivity contribution in [2.75, 3.05) is 18.0 Å². The van der Waals surface area contributed by atoms with Gasteiger partial charge in [-0.15, -0.1) is 0 Å². The summed E-state index contributed by atoms with van der Waals surface area (Å²) in [6.07, 6.45) is 3.08. The Kier molecular flexibility index (Phi) is 4.17. The number of alkyl halides is 1. The number of rotatable bonds is 3. The minimum atomic E-state index is -1.46. The zero-order valence-corrected chi connectivity index (χ0v) is 13.0. The van der Waals surface area contributed by atoms with Gasteiger partial charge in [-0.1, -0.05) is 29.8 Å². The number of carbonyl (C=O) groups is 1. The van der Waals surface area contributed by atoms with E-state index < -0.39 is 11.6 Å². The molecule has 2 aromatic rings. The number of halogens is 2. The van der Waals surface area contributed by atoms with Crippen LogP contribution >= 0.6 is 11.6 Å². The van der Waals surface area contributed by atoms with E-state index in [0.717, 1.165) is 0 Å². The van der Waals surface area contributed by atoms with Crippen molar-refractivity contribution in [3.05, 3.63) is 52.8 Å². The molecule has 1 aliphatic rings. The van der Waals surface area contributed by atoms with Crippen molar-refractivity contribution >= 4 is 23.5 Å². The zero-order valence-electron chi connectivity index (χ0n) is 12.2. The highest BCUT2D eigenvalue weighted by Crippen LogP contribution is 2.40. The van der Waals surface area contributed by atoms with Crippen LogP contribution in [0.1, 0.15) is 28.8 Å². The molecule has 0 bridgehead atoms. The van der Waals surface area contributed by atoms with Gasteiger partial charge in [-0.05, 0) is 6.07 Å². The number of anilines is 1. The Bertz CT molecular complexity index is 716. The van der Waals surface area contributed by atoms with Crippen molar-refractivity contribution in [3.8, 4) is 0 Å². The Balaban J connectivity index is 1.73. The van der Waals surface area contributed by atoms with E-state index in [9.17, 15) is 4.79 Å². The highest BCUT2D eigenvalue weighted by atomic mass is 35.5.